The summed E-state index contributed by atoms with van der Waals surface area (Å²) in [6.07, 6.45) is 0. The molecule has 2 aromatic rings. The first-order valence-corrected chi connectivity index (χ1v) is 7.36. The molecule has 0 aromatic heterocycles. The number of nitro benzene ring substituents is 2. The first kappa shape index (κ1) is 19.4. The average Bonchev–Trinajstić information content (AvgIpc) is 2.66. The zero-order valence-electron chi connectivity index (χ0n) is 14.5. The zero-order valence-corrected chi connectivity index (χ0v) is 14.5. The molecule has 0 bridgehead atoms. The molecule has 2 rings (SSSR count). The van der Waals surface area contributed by atoms with Gasteiger partial charge in [-0.1, -0.05) is 0 Å². The van der Waals surface area contributed by atoms with E-state index in [4.69, 9.17) is 14.2 Å². The molecular formula is C16H15N3O8. The summed E-state index contributed by atoms with van der Waals surface area (Å²) in [7, 11) is 3.88. The van der Waals surface area contributed by atoms with E-state index in [0.717, 1.165) is 19.2 Å². The van der Waals surface area contributed by atoms with Gasteiger partial charge >= 0.3 is 11.4 Å². The maximum absolute atomic E-state index is 12.5. The fraction of sp³-hybridized carbons (Fsp3) is 0.188. The Morgan fingerprint density at radius 1 is 0.926 bits per heavy atom. The molecule has 0 aliphatic rings. The lowest BCUT2D eigenvalue weighted by atomic mass is 10.1. The fourth-order valence-corrected chi connectivity index (χ4v) is 2.34. The molecule has 0 spiro atoms. The molecule has 0 aliphatic carbocycles. The van der Waals surface area contributed by atoms with Gasteiger partial charge in [-0.15, -0.1) is 0 Å². The molecule has 0 saturated heterocycles. The van der Waals surface area contributed by atoms with Gasteiger partial charge in [0.2, 0.25) is 0 Å². The molecule has 0 radical (unpaired) electrons. The quantitative estimate of drug-likeness (QED) is 0.573. The van der Waals surface area contributed by atoms with Crippen molar-refractivity contribution >= 4 is 23.0 Å². The Bertz CT molecular complexity index is 878. The van der Waals surface area contributed by atoms with E-state index in [1.165, 1.54) is 32.4 Å². The van der Waals surface area contributed by atoms with Gasteiger partial charge in [-0.05, 0) is 12.1 Å². The van der Waals surface area contributed by atoms with Crippen molar-refractivity contribution < 1.29 is 28.9 Å². The maximum Gasteiger partial charge on any atom is 0.320 e. The number of carbonyl (C=O) groups is 1. The predicted octanol–water partition coefficient (Wildman–Crippen LogP) is 2.78. The molecule has 2 aromatic carbocycles. The van der Waals surface area contributed by atoms with E-state index >= 15 is 0 Å². The molecule has 11 heteroatoms. The fourth-order valence-electron chi connectivity index (χ4n) is 2.34. The van der Waals surface area contributed by atoms with Crippen LogP contribution in [0.2, 0.25) is 0 Å². The molecule has 27 heavy (non-hydrogen) atoms. The molecular weight excluding hydrogens is 362 g/mol. The lowest BCUT2D eigenvalue weighted by molar-refractivity contribution is -0.395. The van der Waals surface area contributed by atoms with Gasteiger partial charge in [0.05, 0.1) is 42.4 Å². The number of benzene rings is 2. The Labute approximate surface area is 152 Å². The zero-order chi connectivity index (χ0) is 20.1. The molecule has 142 valence electrons. The van der Waals surface area contributed by atoms with Crippen molar-refractivity contribution in [3.05, 3.63) is 56.1 Å². The Balaban J connectivity index is 2.46. The van der Waals surface area contributed by atoms with Crippen LogP contribution in [0.3, 0.4) is 0 Å². The van der Waals surface area contributed by atoms with Crippen molar-refractivity contribution in [2.75, 3.05) is 26.6 Å². The van der Waals surface area contributed by atoms with Gasteiger partial charge < -0.3 is 19.5 Å². The normalized spacial score (nSPS) is 10.0. The number of anilines is 1. The number of nitrogens with zero attached hydrogens (tertiary/aromatic N) is 2. The van der Waals surface area contributed by atoms with Crippen LogP contribution in [0.5, 0.6) is 17.2 Å². The summed E-state index contributed by atoms with van der Waals surface area (Å²) >= 11 is 0. The number of nitrogens with one attached hydrogen (secondary N) is 1. The number of hydrogen-bond acceptors (Lipinski definition) is 8. The molecule has 0 aliphatic heterocycles. The topological polar surface area (TPSA) is 143 Å². The smallest absolute Gasteiger partial charge is 0.320 e. The summed E-state index contributed by atoms with van der Waals surface area (Å²) in [5, 5.41) is 24.8. The molecule has 0 fully saturated rings. The van der Waals surface area contributed by atoms with Gasteiger partial charge in [-0.3, -0.25) is 25.0 Å². The SMILES string of the molecule is COc1ccc(C(=O)Nc2cc([N+](=O)[O-])c(OC)c([N+](=O)[O-])c2)c(OC)c1. The van der Waals surface area contributed by atoms with E-state index in [0.29, 0.717) is 5.75 Å². The van der Waals surface area contributed by atoms with Gasteiger partial charge in [0.15, 0.2) is 0 Å². The monoisotopic (exact) mass is 377 g/mol. The lowest BCUT2D eigenvalue weighted by Gasteiger charge is -2.11. The van der Waals surface area contributed by atoms with Gasteiger partial charge in [0.1, 0.15) is 11.5 Å². The second-order valence-electron chi connectivity index (χ2n) is 5.08. The Hall–Kier alpha value is -3.89. The minimum absolute atomic E-state index is 0.111. The maximum atomic E-state index is 12.5. The average molecular weight is 377 g/mol. The number of amides is 1. The summed E-state index contributed by atoms with van der Waals surface area (Å²) in [6, 6.07) is 6.38. The largest absolute Gasteiger partial charge is 0.497 e. The number of ether oxygens (including phenoxy) is 3. The molecule has 1 amide bonds. The van der Waals surface area contributed by atoms with Gasteiger partial charge in [-0.2, -0.15) is 0 Å². The summed E-state index contributed by atoms with van der Waals surface area (Å²) in [4.78, 5) is 33.2. The van der Waals surface area contributed by atoms with Crippen molar-refractivity contribution in [3.63, 3.8) is 0 Å². The Morgan fingerprint density at radius 2 is 1.52 bits per heavy atom. The van der Waals surface area contributed by atoms with Crippen molar-refractivity contribution in [2.24, 2.45) is 0 Å². The summed E-state index contributed by atoms with van der Waals surface area (Å²) < 4.78 is 14.9. The third-order valence-corrected chi connectivity index (χ3v) is 3.56. The number of methoxy groups -OCH3 is 3. The predicted molar refractivity (Wildman–Crippen MR) is 93.8 cm³/mol. The van der Waals surface area contributed by atoms with Crippen LogP contribution in [-0.2, 0) is 0 Å². The van der Waals surface area contributed by atoms with Gasteiger partial charge in [-0.25, -0.2) is 0 Å². The molecule has 1 N–H and O–H groups in total. The molecule has 0 unspecified atom stereocenters. The van der Waals surface area contributed by atoms with Crippen molar-refractivity contribution in [2.45, 2.75) is 0 Å². The van der Waals surface area contributed by atoms with Crippen LogP contribution >= 0.6 is 0 Å². The highest BCUT2D eigenvalue weighted by atomic mass is 16.6. The van der Waals surface area contributed by atoms with Crippen LogP contribution in [0.1, 0.15) is 10.4 Å². The number of rotatable bonds is 7. The Morgan fingerprint density at radius 3 is 1.96 bits per heavy atom. The summed E-state index contributed by atoms with van der Waals surface area (Å²) in [6.45, 7) is 0. The van der Waals surface area contributed by atoms with Crippen LogP contribution in [0.4, 0.5) is 17.1 Å². The molecule has 0 saturated carbocycles. The van der Waals surface area contributed by atoms with Crippen LogP contribution in [0.25, 0.3) is 0 Å². The lowest BCUT2D eigenvalue weighted by Crippen LogP contribution is -2.14. The summed E-state index contributed by atoms with van der Waals surface area (Å²) in [5.41, 5.74) is -1.33. The highest BCUT2D eigenvalue weighted by Gasteiger charge is 2.28. The Kier molecular flexibility index (Phi) is 5.75. The number of carbonyl (C=O) groups excluding carboxylic acids is 1. The first-order valence-electron chi connectivity index (χ1n) is 7.36. The first-order chi connectivity index (χ1) is 12.8. The van der Waals surface area contributed by atoms with E-state index in [2.05, 4.69) is 5.32 Å². The van der Waals surface area contributed by atoms with Crippen molar-refractivity contribution in [1.29, 1.82) is 0 Å². The van der Waals surface area contributed by atoms with Crippen LogP contribution in [0, 0.1) is 20.2 Å². The van der Waals surface area contributed by atoms with Crippen molar-refractivity contribution in [1.82, 2.24) is 0 Å². The van der Waals surface area contributed by atoms with E-state index in [1.807, 2.05) is 0 Å². The third-order valence-electron chi connectivity index (χ3n) is 3.56. The van der Waals surface area contributed by atoms with Crippen LogP contribution in [0.15, 0.2) is 30.3 Å². The molecule has 0 heterocycles. The van der Waals surface area contributed by atoms with Crippen LogP contribution in [-0.4, -0.2) is 37.1 Å². The van der Waals surface area contributed by atoms with E-state index in [-0.39, 0.29) is 17.0 Å². The van der Waals surface area contributed by atoms with E-state index in [9.17, 15) is 25.0 Å². The minimum Gasteiger partial charge on any atom is -0.497 e. The summed E-state index contributed by atoms with van der Waals surface area (Å²) in [5.74, 6) is -0.531. The van der Waals surface area contributed by atoms with Gasteiger partial charge in [0, 0.05) is 18.2 Å². The standard InChI is InChI=1S/C16H15N3O8/c1-25-10-4-5-11(14(8-10)26-2)16(20)17-9-6-12(18(21)22)15(27-3)13(7-9)19(23)24/h4-8H,1-3H3,(H,17,20). The second kappa shape index (κ2) is 7.99. The van der Waals surface area contributed by atoms with E-state index in [1.54, 1.807) is 0 Å². The van der Waals surface area contributed by atoms with Crippen molar-refractivity contribution in [3.8, 4) is 17.2 Å². The van der Waals surface area contributed by atoms with E-state index < -0.39 is 32.9 Å². The number of nitro groups is 2. The third kappa shape index (κ3) is 4.03. The van der Waals surface area contributed by atoms with Crippen LogP contribution < -0.4 is 19.5 Å². The highest BCUT2D eigenvalue weighted by molar-refractivity contribution is 6.06. The number of hydrogen-bond donors (Lipinski definition) is 1. The van der Waals surface area contributed by atoms with Gasteiger partial charge in [0.25, 0.3) is 11.7 Å². The molecule has 0 atom stereocenters. The molecule has 11 nitrogen and oxygen atoms in total. The minimum atomic E-state index is -0.838. The highest BCUT2D eigenvalue weighted by Crippen LogP contribution is 2.39. The second-order valence-corrected chi connectivity index (χ2v) is 5.08.